The van der Waals surface area contributed by atoms with E-state index in [1.165, 1.54) is 61.8 Å². The number of carbonyl (C=O) groups is 3. The SMILES string of the molecule is COc1c(Cl)cc(/C(O)=C2\C(=O)C(=O)N(c3ccc(C(=O)OC(C)C)cc3)C2c2cccnc2)c(OC)c1Cl. The molecule has 1 aromatic heterocycles. The number of methoxy groups -OCH3 is 2. The minimum Gasteiger partial charge on any atom is -0.507 e. The Labute approximate surface area is 234 Å². The van der Waals surface area contributed by atoms with Crippen LogP contribution in [0.5, 0.6) is 11.5 Å². The van der Waals surface area contributed by atoms with Crippen LogP contribution in [0.2, 0.25) is 10.0 Å². The maximum absolute atomic E-state index is 13.4. The van der Waals surface area contributed by atoms with E-state index in [0.717, 1.165) is 0 Å². The van der Waals surface area contributed by atoms with Gasteiger partial charge in [-0.15, -0.1) is 0 Å². The molecule has 39 heavy (non-hydrogen) atoms. The number of benzene rings is 2. The molecule has 1 aliphatic heterocycles. The van der Waals surface area contributed by atoms with Crippen molar-refractivity contribution in [3.8, 4) is 11.5 Å². The summed E-state index contributed by atoms with van der Waals surface area (Å²) in [5.74, 6) is -2.80. The minimum atomic E-state index is -1.07. The van der Waals surface area contributed by atoms with Gasteiger partial charge < -0.3 is 19.3 Å². The summed E-state index contributed by atoms with van der Waals surface area (Å²) < 4.78 is 15.8. The van der Waals surface area contributed by atoms with Gasteiger partial charge in [-0.2, -0.15) is 0 Å². The van der Waals surface area contributed by atoms with Gasteiger partial charge in [-0.05, 0) is 55.8 Å². The smallest absolute Gasteiger partial charge is 0.338 e. The van der Waals surface area contributed by atoms with E-state index in [9.17, 15) is 19.5 Å². The second-order valence-corrected chi connectivity index (χ2v) is 9.53. The molecule has 0 aliphatic carbocycles. The number of anilines is 1. The molecule has 0 spiro atoms. The summed E-state index contributed by atoms with van der Waals surface area (Å²) in [7, 11) is 2.70. The molecular weight excluding hydrogens is 547 g/mol. The first-order valence-electron chi connectivity index (χ1n) is 11.7. The van der Waals surface area contributed by atoms with Crippen molar-refractivity contribution in [3.63, 3.8) is 0 Å². The maximum Gasteiger partial charge on any atom is 0.338 e. The van der Waals surface area contributed by atoms with Crippen molar-refractivity contribution in [1.29, 1.82) is 0 Å². The number of aliphatic hydroxyl groups excluding tert-OH is 1. The molecule has 0 saturated carbocycles. The molecular formula is C28H24Cl2N2O7. The number of Topliss-reactive ketones (excluding diaryl/α,β-unsaturated/α-hetero) is 1. The highest BCUT2D eigenvalue weighted by Crippen LogP contribution is 2.48. The van der Waals surface area contributed by atoms with E-state index in [1.54, 1.807) is 26.0 Å². The van der Waals surface area contributed by atoms with Crippen LogP contribution in [0.3, 0.4) is 0 Å². The largest absolute Gasteiger partial charge is 0.507 e. The molecule has 9 nitrogen and oxygen atoms in total. The number of ether oxygens (including phenoxy) is 3. The van der Waals surface area contributed by atoms with Gasteiger partial charge in [-0.25, -0.2) is 4.79 Å². The van der Waals surface area contributed by atoms with Crippen LogP contribution in [-0.4, -0.2) is 48.1 Å². The van der Waals surface area contributed by atoms with Crippen molar-refractivity contribution in [3.05, 3.63) is 87.2 Å². The van der Waals surface area contributed by atoms with Crippen LogP contribution in [0.25, 0.3) is 5.76 Å². The number of halogens is 2. The van der Waals surface area contributed by atoms with Crippen molar-refractivity contribution in [1.82, 2.24) is 4.98 Å². The summed E-state index contributed by atoms with van der Waals surface area (Å²) in [6.45, 7) is 3.47. The molecule has 0 radical (unpaired) electrons. The third-order valence-electron chi connectivity index (χ3n) is 5.96. The number of hydrogen-bond acceptors (Lipinski definition) is 8. The molecule has 4 rings (SSSR count). The first-order chi connectivity index (χ1) is 18.6. The number of ketones is 1. The monoisotopic (exact) mass is 570 g/mol. The Morgan fingerprint density at radius 2 is 1.72 bits per heavy atom. The lowest BCUT2D eigenvalue weighted by Crippen LogP contribution is -2.29. The Balaban J connectivity index is 1.90. The zero-order valence-electron chi connectivity index (χ0n) is 21.4. The molecule has 1 N–H and O–H groups in total. The van der Waals surface area contributed by atoms with E-state index in [4.69, 9.17) is 37.4 Å². The van der Waals surface area contributed by atoms with Gasteiger partial charge in [0.2, 0.25) is 0 Å². The van der Waals surface area contributed by atoms with Crippen LogP contribution >= 0.6 is 23.2 Å². The van der Waals surface area contributed by atoms with Crippen molar-refractivity contribution in [2.75, 3.05) is 19.1 Å². The van der Waals surface area contributed by atoms with Gasteiger partial charge in [0.05, 0.1) is 48.1 Å². The number of carbonyl (C=O) groups excluding carboxylic acids is 3. The fourth-order valence-corrected chi connectivity index (χ4v) is 4.97. The lowest BCUT2D eigenvalue weighted by molar-refractivity contribution is -0.132. The Morgan fingerprint density at radius 3 is 2.28 bits per heavy atom. The number of esters is 1. The molecule has 2 heterocycles. The van der Waals surface area contributed by atoms with E-state index in [2.05, 4.69) is 4.98 Å². The lowest BCUT2D eigenvalue weighted by atomic mass is 9.95. The Morgan fingerprint density at radius 1 is 1.05 bits per heavy atom. The Bertz CT molecular complexity index is 1470. The number of amides is 1. The molecule has 0 bridgehead atoms. The molecule has 2 aromatic carbocycles. The number of aliphatic hydroxyl groups is 1. The van der Waals surface area contributed by atoms with Crippen LogP contribution < -0.4 is 14.4 Å². The zero-order valence-corrected chi connectivity index (χ0v) is 22.9. The zero-order chi connectivity index (χ0) is 28.4. The predicted octanol–water partition coefficient (Wildman–Crippen LogP) is 5.60. The molecule has 1 atom stereocenters. The molecule has 1 amide bonds. The molecule has 1 fully saturated rings. The normalized spacial score (nSPS) is 16.5. The van der Waals surface area contributed by atoms with Gasteiger partial charge in [0.25, 0.3) is 11.7 Å². The summed E-state index contributed by atoms with van der Waals surface area (Å²) in [5, 5.41) is 11.5. The van der Waals surface area contributed by atoms with Crippen LogP contribution in [-0.2, 0) is 14.3 Å². The van der Waals surface area contributed by atoms with E-state index < -0.39 is 29.5 Å². The predicted molar refractivity (Wildman–Crippen MR) is 146 cm³/mol. The second kappa shape index (κ2) is 11.3. The minimum absolute atomic E-state index is 0.000398. The summed E-state index contributed by atoms with van der Waals surface area (Å²) >= 11 is 12.7. The van der Waals surface area contributed by atoms with Crippen LogP contribution in [0.15, 0.2) is 60.4 Å². The van der Waals surface area contributed by atoms with Crippen molar-refractivity contribution in [2.45, 2.75) is 26.0 Å². The third-order valence-corrected chi connectivity index (χ3v) is 6.59. The van der Waals surface area contributed by atoms with E-state index in [1.807, 2.05) is 0 Å². The van der Waals surface area contributed by atoms with Gasteiger partial charge in [-0.3, -0.25) is 19.5 Å². The van der Waals surface area contributed by atoms with E-state index in [0.29, 0.717) is 11.3 Å². The van der Waals surface area contributed by atoms with Crippen LogP contribution in [0.1, 0.15) is 41.4 Å². The molecule has 1 unspecified atom stereocenters. The molecule has 11 heteroatoms. The van der Waals surface area contributed by atoms with E-state index in [-0.39, 0.29) is 44.3 Å². The topological polar surface area (TPSA) is 115 Å². The fraction of sp³-hybridized carbons (Fsp3) is 0.214. The second-order valence-electron chi connectivity index (χ2n) is 8.74. The van der Waals surface area contributed by atoms with Crippen molar-refractivity contribution in [2.24, 2.45) is 0 Å². The summed E-state index contributed by atoms with van der Waals surface area (Å²) in [5.41, 5.74) is 0.795. The van der Waals surface area contributed by atoms with Gasteiger partial charge in [0.1, 0.15) is 10.8 Å². The maximum atomic E-state index is 13.4. The first kappa shape index (κ1) is 27.9. The van der Waals surface area contributed by atoms with Gasteiger partial charge in [-0.1, -0.05) is 29.3 Å². The average Bonchev–Trinajstić information content (AvgIpc) is 3.18. The van der Waals surface area contributed by atoms with Crippen LogP contribution in [0, 0.1) is 0 Å². The van der Waals surface area contributed by atoms with E-state index >= 15 is 0 Å². The fourth-order valence-electron chi connectivity index (χ4n) is 4.28. The highest BCUT2D eigenvalue weighted by atomic mass is 35.5. The van der Waals surface area contributed by atoms with Gasteiger partial charge in [0, 0.05) is 18.1 Å². The van der Waals surface area contributed by atoms with Crippen molar-refractivity contribution < 1.29 is 33.7 Å². The number of rotatable bonds is 7. The molecule has 1 saturated heterocycles. The summed E-state index contributed by atoms with van der Waals surface area (Å²) in [6.07, 6.45) is 2.71. The first-order valence-corrected chi connectivity index (χ1v) is 12.5. The average molecular weight is 571 g/mol. The summed E-state index contributed by atoms with van der Waals surface area (Å²) in [6, 6.07) is 9.60. The lowest BCUT2D eigenvalue weighted by Gasteiger charge is -2.25. The van der Waals surface area contributed by atoms with Crippen LogP contribution in [0.4, 0.5) is 5.69 Å². The Kier molecular flexibility index (Phi) is 8.13. The number of hydrogen-bond donors (Lipinski definition) is 1. The number of pyridine rings is 1. The quantitative estimate of drug-likeness (QED) is 0.169. The Hall–Kier alpha value is -4.08. The molecule has 1 aliphatic rings. The third kappa shape index (κ3) is 5.15. The summed E-state index contributed by atoms with van der Waals surface area (Å²) in [4.78, 5) is 44.5. The molecule has 202 valence electrons. The standard InChI is InChI=1S/C28H24Cl2N2O7/c1-14(2)39-28(36)15-7-9-17(10-8-15)32-22(16-6-5-11-31-13-16)20(24(34)27(32)35)23(33)18-12-19(29)26(38-4)21(30)25(18)37-3/h5-14,22,33H,1-4H3/b23-20+. The van der Waals surface area contributed by atoms with Gasteiger partial charge in [0.15, 0.2) is 11.5 Å². The van der Waals surface area contributed by atoms with Gasteiger partial charge >= 0.3 is 5.97 Å². The highest BCUT2D eigenvalue weighted by molar-refractivity contribution is 6.52. The highest BCUT2D eigenvalue weighted by Gasteiger charge is 2.47. The molecule has 3 aromatic rings. The number of aromatic nitrogens is 1. The van der Waals surface area contributed by atoms with Crippen molar-refractivity contribution >= 4 is 52.3 Å². The number of nitrogens with zero attached hydrogens (tertiary/aromatic N) is 2.